The molecule has 0 bridgehead atoms. The van der Waals surface area contributed by atoms with Gasteiger partial charge in [0.25, 0.3) is 5.69 Å². The maximum absolute atomic E-state index is 10.1. The summed E-state index contributed by atoms with van der Waals surface area (Å²) < 4.78 is 0. The lowest BCUT2D eigenvalue weighted by Gasteiger charge is -1.90. The fourth-order valence-electron chi connectivity index (χ4n) is 0.855. The van der Waals surface area contributed by atoms with Crippen molar-refractivity contribution < 1.29 is 5.18 Å². The fraction of sp³-hybridized carbons (Fsp3) is 0.250. The molecular formula is C8H10NO+. The van der Waals surface area contributed by atoms with Crippen molar-refractivity contribution in [2.75, 3.05) is 0 Å². The van der Waals surface area contributed by atoms with Gasteiger partial charge in [-0.3, -0.25) is 0 Å². The Kier molecular flexibility index (Phi) is 2.15. The summed E-state index contributed by atoms with van der Waals surface area (Å²) in [6.07, 6.45) is 0.968. The Bertz CT molecular complexity index is 232. The molecule has 10 heavy (non-hydrogen) atoms. The van der Waals surface area contributed by atoms with Crippen molar-refractivity contribution in [2.45, 2.75) is 13.3 Å². The van der Waals surface area contributed by atoms with E-state index < -0.39 is 0 Å². The van der Waals surface area contributed by atoms with Crippen LogP contribution >= 0.6 is 0 Å². The first-order valence-electron chi connectivity index (χ1n) is 3.34. The number of hydrogen-bond donors (Lipinski definition) is 1. The number of nitroso groups, excluding NO2 is 1. The monoisotopic (exact) mass is 136 g/mol. The van der Waals surface area contributed by atoms with Gasteiger partial charge in [-0.1, -0.05) is 19.1 Å². The van der Waals surface area contributed by atoms with Crippen LogP contribution in [0, 0.1) is 4.91 Å². The standard InChI is InChI=1S/C8H9NO/c1-2-7-4-3-5-8(6-7)9-10/h3-6H,2H2,1H3/p+1. The van der Waals surface area contributed by atoms with Gasteiger partial charge in [0.05, 0.1) is 0 Å². The minimum atomic E-state index is 0.638. The first-order valence-corrected chi connectivity index (χ1v) is 3.34. The Labute approximate surface area is 59.9 Å². The summed E-state index contributed by atoms with van der Waals surface area (Å²) in [7, 11) is 0. The summed E-state index contributed by atoms with van der Waals surface area (Å²) in [6.45, 7) is 2.06. The number of rotatable bonds is 2. The topological polar surface area (TPSA) is 31.0 Å². The summed E-state index contributed by atoms with van der Waals surface area (Å²) in [6, 6.07) is 7.49. The van der Waals surface area contributed by atoms with Crippen LogP contribution in [0.2, 0.25) is 0 Å². The average molecular weight is 136 g/mol. The number of aryl methyl sites for hydroxylation is 1. The van der Waals surface area contributed by atoms with E-state index in [-0.39, 0.29) is 0 Å². The second-order valence-corrected chi connectivity index (χ2v) is 2.16. The molecule has 1 aromatic rings. The largest absolute Gasteiger partial charge is 0.253 e. The van der Waals surface area contributed by atoms with E-state index in [1.165, 1.54) is 5.56 Å². The fourth-order valence-corrected chi connectivity index (χ4v) is 0.855. The average Bonchev–Trinajstić information content (AvgIpc) is 2.05. The van der Waals surface area contributed by atoms with E-state index in [9.17, 15) is 4.91 Å². The van der Waals surface area contributed by atoms with Crippen LogP contribution < -0.4 is 5.18 Å². The highest BCUT2D eigenvalue weighted by Gasteiger charge is 1.96. The molecule has 1 aromatic carbocycles. The molecule has 0 spiro atoms. The second-order valence-electron chi connectivity index (χ2n) is 2.16. The molecule has 0 amide bonds. The van der Waals surface area contributed by atoms with Gasteiger partial charge in [0, 0.05) is 22.2 Å². The second kappa shape index (κ2) is 3.11. The molecule has 1 rings (SSSR count). The Morgan fingerprint density at radius 1 is 1.50 bits per heavy atom. The number of hydrogen-bond acceptors (Lipinski definition) is 1. The van der Waals surface area contributed by atoms with Crippen LogP contribution in [0.25, 0.3) is 0 Å². The summed E-state index contributed by atoms with van der Waals surface area (Å²) in [5.74, 6) is 0. The van der Waals surface area contributed by atoms with E-state index in [0.29, 0.717) is 5.69 Å². The van der Waals surface area contributed by atoms with Crippen LogP contribution in [0.5, 0.6) is 0 Å². The molecule has 0 fully saturated rings. The van der Waals surface area contributed by atoms with Crippen LogP contribution in [0.1, 0.15) is 12.5 Å². The molecule has 0 aromatic heterocycles. The zero-order valence-electron chi connectivity index (χ0n) is 5.92. The number of benzene rings is 1. The van der Waals surface area contributed by atoms with Gasteiger partial charge < -0.3 is 0 Å². The van der Waals surface area contributed by atoms with Crippen molar-refractivity contribution in [3.63, 3.8) is 0 Å². The van der Waals surface area contributed by atoms with E-state index in [1.54, 1.807) is 6.07 Å². The van der Waals surface area contributed by atoms with Crippen LogP contribution in [0.3, 0.4) is 0 Å². The molecule has 0 radical (unpaired) electrons. The third-order valence-electron chi connectivity index (χ3n) is 1.45. The van der Waals surface area contributed by atoms with Gasteiger partial charge in [-0.15, -0.1) is 0 Å². The lowest BCUT2D eigenvalue weighted by Crippen LogP contribution is -2.55. The van der Waals surface area contributed by atoms with E-state index in [1.807, 2.05) is 23.4 Å². The zero-order chi connectivity index (χ0) is 7.40. The Morgan fingerprint density at radius 3 is 2.90 bits per heavy atom. The molecular weight excluding hydrogens is 126 g/mol. The highest BCUT2D eigenvalue weighted by molar-refractivity contribution is 5.32. The molecule has 0 saturated carbocycles. The van der Waals surface area contributed by atoms with Crippen molar-refractivity contribution in [3.05, 3.63) is 34.7 Å². The van der Waals surface area contributed by atoms with E-state index in [4.69, 9.17) is 0 Å². The van der Waals surface area contributed by atoms with Crippen molar-refractivity contribution in [3.8, 4) is 0 Å². The quantitative estimate of drug-likeness (QED) is 0.638. The maximum atomic E-state index is 10.1. The van der Waals surface area contributed by atoms with E-state index >= 15 is 0 Å². The molecule has 2 nitrogen and oxygen atoms in total. The molecule has 0 heterocycles. The van der Waals surface area contributed by atoms with Crippen LogP contribution in [0.4, 0.5) is 5.69 Å². The number of nitrogens with one attached hydrogen (secondary N) is 1. The van der Waals surface area contributed by atoms with Crippen LogP contribution in [0.15, 0.2) is 24.3 Å². The first-order chi connectivity index (χ1) is 4.86. The van der Waals surface area contributed by atoms with Gasteiger partial charge >= 0.3 is 0 Å². The Morgan fingerprint density at radius 2 is 2.30 bits per heavy atom. The summed E-state index contributed by atoms with van der Waals surface area (Å²) >= 11 is 0. The summed E-state index contributed by atoms with van der Waals surface area (Å²) in [5.41, 5.74) is 1.82. The molecule has 52 valence electrons. The third-order valence-corrected chi connectivity index (χ3v) is 1.45. The van der Waals surface area contributed by atoms with Gasteiger partial charge in [-0.05, 0) is 12.0 Å². The van der Waals surface area contributed by atoms with Gasteiger partial charge in [0.2, 0.25) is 0 Å². The van der Waals surface area contributed by atoms with Crippen LogP contribution in [-0.4, -0.2) is 0 Å². The molecule has 0 unspecified atom stereocenters. The van der Waals surface area contributed by atoms with E-state index in [2.05, 4.69) is 6.92 Å². The Balaban J connectivity index is 2.98. The van der Waals surface area contributed by atoms with Crippen molar-refractivity contribution >= 4 is 5.69 Å². The third kappa shape index (κ3) is 1.41. The highest BCUT2D eigenvalue weighted by atomic mass is 16.3. The summed E-state index contributed by atoms with van der Waals surface area (Å²) in [5, 5.41) is 1.85. The summed E-state index contributed by atoms with van der Waals surface area (Å²) in [4.78, 5) is 10.1. The predicted octanol–water partition coefficient (Wildman–Crippen LogP) is 0.727. The van der Waals surface area contributed by atoms with Crippen molar-refractivity contribution in [1.82, 2.24) is 0 Å². The van der Waals surface area contributed by atoms with Crippen molar-refractivity contribution in [1.29, 1.82) is 0 Å². The molecule has 0 aliphatic carbocycles. The van der Waals surface area contributed by atoms with Gasteiger partial charge in [-0.2, -0.15) is 0 Å². The molecule has 0 saturated heterocycles. The predicted molar refractivity (Wildman–Crippen MR) is 39.8 cm³/mol. The SMILES string of the molecule is CCc1cccc([NH+]=O)c1. The van der Waals surface area contributed by atoms with Gasteiger partial charge in [-0.25, -0.2) is 0 Å². The van der Waals surface area contributed by atoms with Crippen LogP contribution in [-0.2, 0) is 6.42 Å². The lowest BCUT2D eigenvalue weighted by atomic mass is 10.1. The molecule has 0 aliphatic rings. The van der Waals surface area contributed by atoms with Crippen molar-refractivity contribution in [2.24, 2.45) is 0 Å². The minimum absolute atomic E-state index is 0.638. The lowest BCUT2D eigenvalue weighted by molar-refractivity contribution is -0.379. The zero-order valence-corrected chi connectivity index (χ0v) is 5.92. The molecule has 0 aliphatic heterocycles. The Hall–Kier alpha value is -1.18. The molecule has 1 N–H and O–H groups in total. The van der Waals surface area contributed by atoms with Gasteiger partial charge in [0.15, 0.2) is 0 Å². The molecule has 0 atom stereocenters. The van der Waals surface area contributed by atoms with Gasteiger partial charge in [0.1, 0.15) is 0 Å². The smallest absolute Gasteiger partial charge is 0.0613 e. The first kappa shape index (κ1) is 6.93. The normalized spacial score (nSPS) is 9.30. The minimum Gasteiger partial charge on any atom is -0.0613 e. The molecule has 2 heteroatoms. The van der Waals surface area contributed by atoms with E-state index in [0.717, 1.165) is 6.42 Å². The maximum Gasteiger partial charge on any atom is 0.253 e. The highest BCUT2D eigenvalue weighted by Crippen LogP contribution is 2.04.